The second-order valence-electron chi connectivity index (χ2n) is 6.16. The first-order valence-electron chi connectivity index (χ1n) is 8.59. The lowest BCUT2D eigenvalue weighted by atomic mass is 9.95. The van der Waals surface area contributed by atoms with Gasteiger partial charge in [0.25, 0.3) is 11.7 Å². The van der Waals surface area contributed by atoms with Crippen LogP contribution in [-0.2, 0) is 16.0 Å². The number of aliphatic hydroxyl groups is 1. The van der Waals surface area contributed by atoms with Crippen molar-refractivity contribution >= 4 is 17.4 Å². The molecule has 1 atom stereocenters. The minimum Gasteiger partial charge on any atom is -0.507 e. The van der Waals surface area contributed by atoms with Crippen molar-refractivity contribution in [3.05, 3.63) is 64.7 Å². The highest BCUT2D eigenvalue weighted by Crippen LogP contribution is 2.36. The van der Waals surface area contributed by atoms with E-state index in [0.717, 1.165) is 17.5 Å². The number of ketones is 1. The molecular weight excluding hydrogens is 346 g/mol. The molecule has 0 bridgehead atoms. The van der Waals surface area contributed by atoms with Crippen molar-refractivity contribution in [1.82, 2.24) is 5.32 Å². The number of benzene rings is 2. The van der Waals surface area contributed by atoms with Crippen molar-refractivity contribution in [2.24, 2.45) is 0 Å². The van der Waals surface area contributed by atoms with E-state index in [0.29, 0.717) is 17.1 Å². The number of aryl methyl sites for hydroxylation is 1. The Kier molecular flexibility index (Phi) is 5.16. The Labute approximate surface area is 157 Å². The van der Waals surface area contributed by atoms with Crippen LogP contribution in [0.1, 0.15) is 29.7 Å². The molecule has 1 heterocycles. The van der Waals surface area contributed by atoms with E-state index in [2.05, 4.69) is 5.32 Å². The first kappa shape index (κ1) is 18.5. The fourth-order valence-electron chi connectivity index (χ4n) is 3.10. The van der Waals surface area contributed by atoms with Crippen LogP contribution >= 0.6 is 0 Å². The second-order valence-corrected chi connectivity index (χ2v) is 6.16. The minimum atomic E-state index is -0.744. The molecule has 6 heteroatoms. The Morgan fingerprint density at radius 3 is 2.30 bits per heavy atom. The first-order chi connectivity index (χ1) is 13.0. The Morgan fingerprint density at radius 2 is 1.70 bits per heavy atom. The molecule has 2 aromatic rings. The number of aliphatic hydroxyl groups excluding tert-OH is 1. The number of nitrogens with one attached hydrogen (secondary N) is 1. The molecule has 140 valence electrons. The molecule has 0 saturated carbocycles. The lowest BCUT2D eigenvalue weighted by Crippen LogP contribution is -2.21. The van der Waals surface area contributed by atoms with Crippen LogP contribution < -0.4 is 14.8 Å². The molecule has 0 aliphatic carbocycles. The number of amides is 1. The maximum atomic E-state index is 12.4. The van der Waals surface area contributed by atoms with Crippen molar-refractivity contribution in [2.45, 2.75) is 19.4 Å². The van der Waals surface area contributed by atoms with Gasteiger partial charge in [-0.25, -0.2) is 0 Å². The van der Waals surface area contributed by atoms with Gasteiger partial charge in [-0.05, 0) is 35.7 Å². The van der Waals surface area contributed by atoms with Crippen molar-refractivity contribution in [3.63, 3.8) is 0 Å². The highest BCUT2D eigenvalue weighted by Gasteiger charge is 2.39. The zero-order valence-electron chi connectivity index (χ0n) is 15.4. The molecule has 0 aromatic heterocycles. The first-order valence-corrected chi connectivity index (χ1v) is 8.59. The van der Waals surface area contributed by atoms with Crippen LogP contribution in [0.5, 0.6) is 11.5 Å². The van der Waals surface area contributed by atoms with Crippen LogP contribution in [-0.4, -0.2) is 31.0 Å². The van der Waals surface area contributed by atoms with E-state index in [1.807, 2.05) is 31.2 Å². The minimum absolute atomic E-state index is 0.0245. The topological polar surface area (TPSA) is 84.9 Å². The third-order valence-corrected chi connectivity index (χ3v) is 4.65. The Hall–Kier alpha value is -3.28. The van der Waals surface area contributed by atoms with Gasteiger partial charge in [0, 0.05) is 5.56 Å². The standard InChI is InChI=1S/C21H21NO5/c1-4-12-5-7-13(8-6-12)18-17(20(24)21(25)22-18)19(23)14-9-10-15(26-2)16(11-14)27-3/h5-11,18,23H,4H2,1-3H3,(H,22,25)/t18-/m1/s1. The predicted octanol–water partition coefficient (Wildman–Crippen LogP) is 2.98. The Morgan fingerprint density at radius 1 is 1.04 bits per heavy atom. The molecule has 2 aromatic carbocycles. The smallest absolute Gasteiger partial charge is 0.293 e. The number of carbonyl (C=O) groups excluding carboxylic acids is 2. The molecule has 1 fully saturated rings. The van der Waals surface area contributed by atoms with E-state index in [-0.39, 0.29) is 11.3 Å². The summed E-state index contributed by atoms with van der Waals surface area (Å²) in [6.45, 7) is 2.05. The van der Waals surface area contributed by atoms with E-state index in [1.54, 1.807) is 18.2 Å². The molecular formula is C21H21NO5. The van der Waals surface area contributed by atoms with Crippen LogP contribution in [0.3, 0.4) is 0 Å². The number of hydrogen-bond donors (Lipinski definition) is 2. The molecule has 2 N–H and O–H groups in total. The van der Waals surface area contributed by atoms with Crippen molar-refractivity contribution in [2.75, 3.05) is 14.2 Å². The zero-order chi connectivity index (χ0) is 19.6. The van der Waals surface area contributed by atoms with Gasteiger partial charge in [-0.15, -0.1) is 0 Å². The quantitative estimate of drug-likeness (QED) is 0.482. The number of carbonyl (C=O) groups is 2. The number of methoxy groups -OCH3 is 2. The van der Waals surface area contributed by atoms with Crippen molar-refractivity contribution in [3.8, 4) is 11.5 Å². The van der Waals surface area contributed by atoms with Crippen LogP contribution in [0.2, 0.25) is 0 Å². The highest BCUT2D eigenvalue weighted by molar-refractivity contribution is 6.46. The number of hydrogen-bond acceptors (Lipinski definition) is 5. The predicted molar refractivity (Wildman–Crippen MR) is 101 cm³/mol. The SMILES string of the molecule is CCc1ccc([C@H]2NC(=O)C(=O)C2=C(O)c2ccc(OC)c(OC)c2)cc1. The highest BCUT2D eigenvalue weighted by atomic mass is 16.5. The van der Waals surface area contributed by atoms with Crippen LogP contribution in [0.15, 0.2) is 48.0 Å². The summed E-state index contributed by atoms with van der Waals surface area (Å²) in [5.41, 5.74) is 2.26. The van der Waals surface area contributed by atoms with Gasteiger partial charge < -0.3 is 19.9 Å². The summed E-state index contributed by atoms with van der Waals surface area (Å²) in [6, 6.07) is 11.7. The summed E-state index contributed by atoms with van der Waals surface area (Å²) in [7, 11) is 2.99. The molecule has 0 spiro atoms. The van der Waals surface area contributed by atoms with Crippen LogP contribution in [0.4, 0.5) is 0 Å². The Balaban J connectivity index is 2.08. The van der Waals surface area contributed by atoms with Gasteiger partial charge in [0.15, 0.2) is 11.5 Å². The maximum Gasteiger partial charge on any atom is 0.293 e. The lowest BCUT2D eigenvalue weighted by molar-refractivity contribution is -0.133. The summed E-state index contributed by atoms with van der Waals surface area (Å²) in [5.74, 6) is -0.828. The summed E-state index contributed by atoms with van der Waals surface area (Å²) in [6.07, 6.45) is 0.885. The summed E-state index contributed by atoms with van der Waals surface area (Å²) < 4.78 is 10.4. The summed E-state index contributed by atoms with van der Waals surface area (Å²) >= 11 is 0. The van der Waals surface area contributed by atoms with Crippen molar-refractivity contribution in [1.29, 1.82) is 0 Å². The summed E-state index contributed by atoms with van der Waals surface area (Å²) in [5, 5.41) is 13.4. The third kappa shape index (κ3) is 3.38. The van der Waals surface area contributed by atoms with E-state index in [9.17, 15) is 14.7 Å². The normalized spacial score (nSPS) is 18.3. The molecule has 3 rings (SSSR count). The zero-order valence-corrected chi connectivity index (χ0v) is 15.4. The van der Waals surface area contributed by atoms with Gasteiger partial charge in [-0.3, -0.25) is 9.59 Å². The summed E-state index contributed by atoms with van der Waals surface area (Å²) in [4.78, 5) is 24.4. The van der Waals surface area contributed by atoms with E-state index in [4.69, 9.17) is 9.47 Å². The Bertz CT molecular complexity index is 915. The number of Topliss-reactive ketones (excluding diaryl/α,β-unsaturated/α-hetero) is 1. The molecule has 6 nitrogen and oxygen atoms in total. The van der Waals surface area contributed by atoms with Crippen LogP contribution in [0.25, 0.3) is 5.76 Å². The third-order valence-electron chi connectivity index (χ3n) is 4.65. The van der Waals surface area contributed by atoms with Gasteiger partial charge >= 0.3 is 0 Å². The van der Waals surface area contributed by atoms with Gasteiger partial charge in [-0.2, -0.15) is 0 Å². The fraction of sp³-hybridized carbons (Fsp3) is 0.238. The number of ether oxygens (including phenoxy) is 2. The largest absolute Gasteiger partial charge is 0.507 e. The molecule has 1 aliphatic heterocycles. The monoisotopic (exact) mass is 367 g/mol. The molecule has 1 aliphatic rings. The van der Waals surface area contributed by atoms with Gasteiger partial charge in [0.05, 0.1) is 25.8 Å². The van der Waals surface area contributed by atoms with Gasteiger partial charge in [0.2, 0.25) is 0 Å². The molecule has 0 radical (unpaired) electrons. The second kappa shape index (κ2) is 7.53. The van der Waals surface area contributed by atoms with Crippen LogP contribution in [0, 0.1) is 0 Å². The van der Waals surface area contributed by atoms with Gasteiger partial charge in [-0.1, -0.05) is 31.2 Å². The number of rotatable bonds is 5. The van der Waals surface area contributed by atoms with Crippen molar-refractivity contribution < 1.29 is 24.2 Å². The molecule has 1 amide bonds. The van der Waals surface area contributed by atoms with E-state index in [1.165, 1.54) is 14.2 Å². The van der Waals surface area contributed by atoms with E-state index >= 15 is 0 Å². The van der Waals surface area contributed by atoms with Gasteiger partial charge in [0.1, 0.15) is 5.76 Å². The average Bonchev–Trinajstić information content (AvgIpc) is 3.01. The molecule has 0 unspecified atom stereocenters. The molecule has 1 saturated heterocycles. The average molecular weight is 367 g/mol. The molecule has 27 heavy (non-hydrogen) atoms. The maximum absolute atomic E-state index is 12.4. The lowest BCUT2D eigenvalue weighted by Gasteiger charge is -2.15. The fourth-order valence-corrected chi connectivity index (χ4v) is 3.10. The van der Waals surface area contributed by atoms with E-state index < -0.39 is 17.7 Å².